The van der Waals surface area contributed by atoms with Crippen molar-refractivity contribution < 1.29 is 0 Å². The average Bonchev–Trinajstić information content (AvgIpc) is 2.50. The quantitative estimate of drug-likeness (QED) is 0.784. The summed E-state index contributed by atoms with van der Waals surface area (Å²) < 4.78 is 0. The van der Waals surface area contributed by atoms with Crippen LogP contribution in [0.3, 0.4) is 0 Å². The Morgan fingerprint density at radius 1 is 1.38 bits per heavy atom. The average molecular weight is 197 g/mol. The third-order valence-electron chi connectivity index (χ3n) is 2.90. The van der Waals surface area contributed by atoms with Gasteiger partial charge in [0.2, 0.25) is 0 Å². The second-order valence-electron chi connectivity index (χ2n) is 3.87. The standard InChI is InChI=1S/C11H19NS/c1-4-8(2)9(3)7-11-10(12)5-6-13-11/h5-6,8-9H,4,7,12H2,1-3H3/t8-,9+/m1/s1. The van der Waals surface area contributed by atoms with Crippen LogP contribution in [0.1, 0.15) is 32.1 Å². The van der Waals surface area contributed by atoms with Crippen LogP contribution in [0, 0.1) is 11.8 Å². The molecule has 0 aromatic carbocycles. The van der Waals surface area contributed by atoms with Gasteiger partial charge in [0.15, 0.2) is 0 Å². The Bertz CT molecular complexity index is 254. The Labute approximate surface area is 85.0 Å². The van der Waals surface area contributed by atoms with Gasteiger partial charge in [0.05, 0.1) is 0 Å². The summed E-state index contributed by atoms with van der Waals surface area (Å²) in [5.41, 5.74) is 6.81. The van der Waals surface area contributed by atoms with Crippen LogP contribution < -0.4 is 5.73 Å². The molecule has 13 heavy (non-hydrogen) atoms. The maximum atomic E-state index is 5.84. The molecule has 0 unspecified atom stereocenters. The van der Waals surface area contributed by atoms with Crippen LogP contribution in [0.15, 0.2) is 11.4 Å². The van der Waals surface area contributed by atoms with E-state index in [1.165, 1.54) is 11.3 Å². The first-order valence-corrected chi connectivity index (χ1v) is 5.85. The second-order valence-corrected chi connectivity index (χ2v) is 4.87. The molecule has 0 bridgehead atoms. The second kappa shape index (κ2) is 4.66. The summed E-state index contributed by atoms with van der Waals surface area (Å²) in [7, 11) is 0. The predicted molar refractivity (Wildman–Crippen MR) is 61.1 cm³/mol. The number of hydrogen-bond acceptors (Lipinski definition) is 2. The van der Waals surface area contributed by atoms with Gasteiger partial charge >= 0.3 is 0 Å². The van der Waals surface area contributed by atoms with E-state index in [-0.39, 0.29) is 0 Å². The molecule has 74 valence electrons. The number of nitrogens with two attached hydrogens (primary N) is 1. The molecule has 0 saturated carbocycles. The van der Waals surface area contributed by atoms with E-state index >= 15 is 0 Å². The SMILES string of the molecule is CC[C@@H](C)[C@@H](C)Cc1sccc1N. The zero-order valence-electron chi connectivity index (χ0n) is 8.71. The molecule has 1 aromatic rings. The molecule has 1 heterocycles. The van der Waals surface area contributed by atoms with Crippen LogP contribution in [-0.2, 0) is 6.42 Å². The van der Waals surface area contributed by atoms with Crippen molar-refractivity contribution in [3.05, 3.63) is 16.3 Å². The first kappa shape index (κ1) is 10.6. The molecular formula is C11H19NS. The van der Waals surface area contributed by atoms with E-state index in [2.05, 4.69) is 26.2 Å². The first-order chi connectivity index (χ1) is 6.15. The molecule has 1 nitrogen and oxygen atoms in total. The molecule has 0 spiro atoms. The molecule has 0 aliphatic rings. The van der Waals surface area contributed by atoms with Crippen LogP contribution >= 0.6 is 11.3 Å². The Hall–Kier alpha value is -0.500. The molecule has 2 N–H and O–H groups in total. The molecular weight excluding hydrogens is 178 g/mol. The van der Waals surface area contributed by atoms with E-state index in [9.17, 15) is 0 Å². The fourth-order valence-corrected chi connectivity index (χ4v) is 2.35. The number of anilines is 1. The maximum absolute atomic E-state index is 5.84. The highest BCUT2D eigenvalue weighted by molar-refractivity contribution is 7.10. The van der Waals surface area contributed by atoms with Gasteiger partial charge in [-0.05, 0) is 29.7 Å². The van der Waals surface area contributed by atoms with Crippen LogP contribution in [0.2, 0.25) is 0 Å². The minimum absolute atomic E-state index is 0.742. The lowest BCUT2D eigenvalue weighted by Gasteiger charge is -2.17. The Morgan fingerprint density at radius 2 is 2.08 bits per heavy atom. The van der Waals surface area contributed by atoms with E-state index in [0.717, 1.165) is 23.9 Å². The number of thiophene rings is 1. The molecule has 0 amide bonds. The summed E-state index contributed by atoms with van der Waals surface area (Å²) in [5, 5.41) is 2.08. The highest BCUT2D eigenvalue weighted by Gasteiger charge is 2.12. The zero-order valence-corrected chi connectivity index (χ0v) is 9.53. The van der Waals surface area contributed by atoms with E-state index in [4.69, 9.17) is 5.73 Å². The summed E-state index contributed by atoms with van der Waals surface area (Å²) in [6.45, 7) is 6.88. The Balaban J connectivity index is 2.54. The highest BCUT2D eigenvalue weighted by Crippen LogP contribution is 2.26. The third kappa shape index (κ3) is 2.73. The van der Waals surface area contributed by atoms with Crippen LogP contribution in [0.4, 0.5) is 5.69 Å². The summed E-state index contributed by atoms with van der Waals surface area (Å²) in [6.07, 6.45) is 2.39. The van der Waals surface area contributed by atoms with Crippen LogP contribution in [-0.4, -0.2) is 0 Å². The molecule has 1 rings (SSSR count). The number of hydrogen-bond donors (Lipinski definition) is 1. The molecule has 2 atom stereocenters. The molecule has 0 radical (unpaired) electrons. The van der Waals surface area contributed by atoms with Crippen molar-refractivity contribution in [2.24, 2.45) is 11.8 Å². The smallest absolute Gasteiger partial charge is 0.0455 e. The molecule has 0 fully saturated rings. The lowest BCUT2D eigenvalue weighted by atomic mass is 9.90. The van der Waals surface area contributed by atoms with Gasteiger partial charge in [-0.15, -0.1) is 11.3 Å². The Kier molecular flexibility index (Phi) is 3.79. The van der Waals surface area contributed by atoms with E-state index in [0.29, 0.717) is 0 Å². The van der Waals surface area contributed by atoms with Gasteiger partial charge in [0.1, 0.15) is 0 Å². The number of rotatable bonds is 4. The van der Waals surface area contributed by atoms with Gasteiger partial charge in [-0.25, -0.2) is 0 Å². The van der Waals surface area contributed by atoms with Crippen molar-refractivity contribution in [1.82, 2.24) is 0 Å². The van der Waals surface area contributed by atoms with Gasteiger partial charge in [-0.2, -0.15) is 0 Å². The normalized spacial score (nSPS) is 15.6. The van der Waals surface area contributed by atoms with E-state index in [1.807, 2.05) is 6.07 Å². The van der Waals surface area contributed by atoms with Crippen molar-refractivity contribution in [3.8, 4) is 0 Å². The predicted octanol–water partition coefficient (Wildman–Crippen LogP) is 3.56. The molecule has 1 aromatic heterocycles. The van der Waals surface area contributed by atoms with E-state index in [1.54, 1.807) is 11.3 Å². The van der Waals surface area contributed by atoms with Crippen molar-refractivity contribution >= 4 is 17.0 Å². The minimum Gasteiger partial charge on any atom is -0.398 e. The fourth-order valence-electron chi connectivity index (χ4n) is 1.41. The maximum Gasteiger partial charge on any atom is 0.0455 e. The zero-order chi connectivity index (χ0) is 9.84. The summed E-state index contributed by atoms with van der Waals surface area (Å²) >= 11 is 1.78. The van der Waals surface area contributed by atoms with Crippen LogP contribution in [0.25, 0.3) is 0 Å². The van der Waals surface area contributed by atoms with E-state index < -0.39 is 0 Å². The number of nitrogen functional groups attached to an aromatic ring is 1. The van der Waals surface area contributed by atoms with Gasteiger partial charge in [0, 0.05) is 10.6 Å². The monoisotopic (exact) mass is 197 g/mol. The van der Waals surface area contributed by atoms with Crippen molar-refractivity contribution in [2.75, 3.05) is 5.73 Å². The fraction of sp³-hybridized carbons (Fsp3) is 0.636. The van der Waals surface area contributed by atoms with Gasteiger partial charge in [0.25, 0.3) is 0 Å². The van der Waals surface area contributed by atoms with Crippen molar-refractivity contribution in [1.29, 1.82) is 0 Å². The van der Waals surface area contributed by atoms with Gasteiger partial charge in [-0.1, -0.05) is 27.2 Å². The lowest BCUT2D eigenvalue weighted by molar-refractivity contribution is 0.377. The lowest BCUT2D eigenvalue weighted by Crippen LogP contribution is -2.09. The first-order valence-electron chi connectivity index (χ1n) is 4.97. The summed E-state index contributed by atoms with van der Waals surface area (Å²) in [5.74, 6) is 1.53. The van der Waals surface area contributed by atoms with Gasteiger partial charge in [-0.3, -0.25) is 0 Å². The largest absolute Gasteiger partial charge is 0.398 e. The summed E-state index contributed by atoms with van der Waals surface area (Å²) in [4.78, 5) is 1.35. The molecule has 0 aliphatic carbocycles. The van der Waals surface area contributed by atoms with Gasteiger partial charge < -0.3 is 5.73 Å². The Morgan fingerprint density at radius 3 is 2.54 bits per heavy atom. The third-order valence-corrected chi connectivity index (χ3v) is 3.86. The van der Waals surface area contributed by atoms with Crippen molar-refractivity contribution in [3.63, 3.8) is 0 Å². The summed E-state index contributed by atoms with van der Waals surface area (Å²) in [6, 6.07) is 2.00. The minimum atomic E-state index is 0.742. The molecule has 0 saturated heterocycles. The molecule has 2 heteroatoms. The topological polar surface area (TPSA) is 26.0 Å². The van der Waals surface area contributed by atoms with Crippen molar-refractivity contribution in [2.45, 2.75) is 33.6 Å². The highest BCUT2D eigenvalue weighted by atomic mass is 32.1. The van der Waals surface area contributed by atoms with Crippen LogP contribution in [0.5, 0.6) is 0 Å². The molecule has 0 aliphatic heterocycles.